The van der Waals surface area contributed by atoms with E-state index in [0.717, 1.165) is 0 Å². The van der Waals surface area contributed by atoms with Gasteiger partial charge in [0.05, 0.1) is 30.1 Å². The Kier molecular flexibility index (Phi) is 5.98. The lowest BCUT2D eigenvalue weighted by atomic mass is 10.0. The van der Waals surface area contributed by atoms with E-state index in [1.165, 1.54) is 38.3 Å². The number of fused-ring (bicyclic) bond motifs is 2. The summed E-state index contributed by atoms with van der Waals surface area (Å²) < 4.78 is 27.4. The number of halogens is 1. The zero-order valence-corrected chi connectivity index (χ0v) is 22.0. The monoisotopic (exact) mass is 547 g/mol. The molecule has 0 aliphatic carbocycles. The highest BCUT2D eigenvalue weighted by molar-refractivity contribution is 6.04. The van der Waals surface area contributed by atoms with Crippen molar-refractivity contribution < 1.29 is 10.6 Å². The number of nitrogens with two attached hydrogens (primary N) is 1. The largest absolute Gasteiger partial charge is 0.381 e. The summed E-state index contributed by atoms with van der Waals surface area (Å²) in [6.07, 6.45) is 4.65. The third-order valence-corrected chi connectivity index (χ3v) is 6.58. The van der Waals surface area contributed by atoms with E-state index in [4.69, 9.17) is 7.10 Å². The van der Waals surface area contributed by atoms with Crippen molar-refractivity contribution in [3.63, 3.8) is 0 Å². The first-order valence-corrected chi connectivity index (χ1v) is 12.6. The number of nitrogens with one attached hydrogen (secondary N) is 1. The summed E-state index contributed by atoms with van der Waals surface area (Å²) in [5.41, 5.74) is 7.09. The lowest BCUT2D eigenvalue weighted by Gasteiger charge is -2.21. The van der Waals surface area contributed by atoms with E-state index in [0.29, 0.717) is 28.0 Å². The van der Waals surface area contributed by atoms with Crippen LogP contribution in [0.1, 0.15) is 41.5 Å². The van der Waals surface area contributed by atoms with Crippen molar-refractivity contribution in [3.05, 3.63) is 118 Å². The Morgan fingerprint density at radius 1 is 1.17 bits per heavy atom. The molecule has 202 valence electrons. The minimum atomic E-state index is -0.700. The Morgan fingerprint density at radius 2 is 1.98 bits per heavy atom. The summed E-state index contributed by atoms with van der Waals surface area (Å²) in [5.74, 6) is 4.36. The number of benzene rings is 2. The number of hydrogen-bond donors (Lipinski definition) is 2. The van der Waals surface area contributed by atoms with Gasteiger partial charge in [-0.3, -0.25) is 18.8 Å². The van der Waals surface area contributed by atoms with Crippen LogP contribution in [0.3, 0.4) is 0 Å². The van der Waals surface area contributed by atoms with E-state index < -0.39 is 23.3 Å². The van der Waals surface area contributed by atoms with Gasteiger partial charge in [-0.25, -0.2) is 13.9 Å². The quantitative estimate of drug-likeness (QED) is 0.326. The smallest absolute Gasteiger partial charge is 0.264 e. The molecule has 6 aromatic rings. The normalized spacial score (nSPS) is 12.1. The van der Waals surface area contributed by atoms with Gasteiger partial charge in [-0.1, -0.05) is 36.1 Å². The molecule has 2 aromatic carbocycles. The number of anilines is 1. The molecule has 1 amide bonds. The molecule has 11 heteroatoms. The summed E-state index contributed by atoms with van der Waals surface area (Å²) in [6.45, 7) is 1.73. The minimum absolute atomic E-state index is 0.0144. The van der Waals surface area contributed by atoms with Gasteiger partial charge in [0.25, 0.3) is 11.5 Å². The fraction of sp³-hybridized carbons (Fsp3) is 0.100. The topological polar surface area (TPSA) is 125 Å². The predicted octanol–water partition coefficient (Wildman–Crippen LogP) is 3.38. The second kappa shape index (κ2) is 10.1. The number of carbonyl (C=O) groups excluding carboxylic acids is 1. The van der Waals surface area contributed by atoms with Crippen molar-refractivity contribution in [1.29, 1.82) is 0 Å². The van der Waals surface area contributed by atoms with Gasteiger partial charge in [0.15, 0.2) is 11.5 Å². The summed E-state index contributed by atoms with van der Waals surface area (Å²) in [6, 6.07) is 14.3. The maximum absolute atomic E-state index is 15.2. The van der Waals surface area contributed by atoms with Crippen molar-refractivity contribution in [2.75, 3.05) is 5.73 Å². The highest BCUT2D eigenvalue weighted by Crippen LogP contribution is 2.25. The molecule has 0 saturated heterocycles. The Morgan fingerprint density at radius 3 is 2.73 bits per heavy atom. The number of pyridine rings is 1. The molecule has 1 atom stereocenters. The average Bonchev–Trinajstić information content (AvgIpc) is 3.49. The second-order valence-electron chi connectivity index (χ2n) is 9.32. The average molecular weight is 548 g/mol. The molecule has 0 aliphatic rings. The third kappa shape index (κ3) is 4.57. The number of rotatable bonds is 4. The fourth-order valence-corrected chi connectivity index (χ4v) is 4.71. The zero-order valence-electron chi connectivity index (χ0n) is 23.0. The van der Waals surface area contributed by atoms with Crippen LogP contribution in [0.15, 0.2) is 84.2 Å². The SMILES string of the molecule is [2H]c1c(C#Cc2c(F)ccc3cc([C@H](C)NC(=O)c4c(N)nn5cccnc45)n(-c4ccccc4)c(=O)c23)cnn1C. The number of hydrogen-bond acceptors (Lipinski definition) is 6. The number of para-hydroxylation sites is 1. The Bertz CT molecular complexity index is 2140. The minimum Gasteiger partial charge on any atom is -0.381 e. The standard InChI is InChI=1S/C30H23FN8O2/c1-18(35-29(40)26-27(32)36-38-14-6-13-33-28(26)38)24-15-20-10-12-23(31)22(11-9-19-16-34-37(2)17-19)25(20)30(41)39(24)21-7-4-3-5-8-21/h3-8,10,12-18H,1-2H3,(H2,32,36)(H,35,40)/t18-/m0/s1/i17D. The van der Waals surface area contributed by atoms with Gasteiger partial charge in [0.1, 0.15) is 11.4 Å². The number of amides is 1. The highest BCUT2D eigenvalue weighted by atomic mass is 19.1. The van der Waals surface area contributed by atoms with Crippen LogP contribution in [-0.4, -0.2) is 34.9 Å². The van der Waals surface area contributed by atoms with Crippen LogP contribution < -0.4 is 16.6 Å². The van der Waals surface area contributed by atoms with Crippen LogP contribution in [0.5, 0.6) is 0 Å². The van der Waals surface area contributed by atoms with Crippen molar-refractivity contribution in [2.24, 2.45) is 7.05 Å². The van der Waals surface area contributed by atoms with Crippen molar-refractivity contribution >= 4 is 28.1 Å². The Hall–Kier alpha value is -5.76. The van der Waals surface area contributed by atoms with Crippen molar-refractivity contribution in [3.8, 4) is 17.5 Å². The van der Waals surface area contributed by atoms with E-state index in [9.17, 15) is 9.59 Å². The molecule has 41 heavy (non-hydrogen) atoms. The molecule has 10 nitrogen and oxygen atoms in total. The van der Waals surface area contributed by atoms with E-state index in [1.54, 1.807) is 56.6 Å². The van der Waals surface area contributed by atoms with E-state index in [1.807, 2.05) is 6.07 Å². The number of aromatic nitrogens is 6. The number of nitrogen functional groups attached to an aromatic ring is 1. The molecule has 3 N–H and O–H groups in total. The van der Waals surface area contributed by atoms with E-state index in [2.05, 4.69) is 32.3 Å². The van der Waals surface area contributed by atoms with E-state index >= 15 is 4.39 Å². The van der Waals surface area contributed by atoms with Gasteiger partial charge in [0, 0.05) is 37.0 Å². The first kappa shape index (κ1) is 24.3. The predicted molar refractivity (Wildman–Crippen MR) is 152 cm³/mol. The lowest BCUT2D eigenvalue weighted by Crippen LogP contribution is -2.32. The summed E-state index contributed by atoms with van der Waals surface area (Å²) >= 11 is 0. The molecular weight excluding hydrogens is 523 g/mol. The molecule has 4 aromatic heterocycles. The van der Waals surface area contributed by atoms with Gasteiger partial charge in [-0.15, -0.1) is 5.10 Å². The van der Waals surface area contributed by atoms with Gasteiger partial charge in [-0.2, -0.15) is 5.10 Å². The lowest BCUT2D eigenvalue weighted by molar-refractivity contribution is 0.0941. The molecule has 0 radical (unpaired) electrons. The van der Waals surface area contributed by atoms with Crippen LogP contribution in [-0.2, 0) is 7.05 Å². The maximum atomic E-state index is 15.2. The number of carbonyl (C=O) groups is 1. The first-order chi connectivity index (χ1) is 20.2. The molecule has 0 aliphatic heterocycles. The summed E-state index contributed by atoms with van der Waals surface area (Å²) in [4.78, 5) is 31.8. The van der Waals surface area contributed by atoms with Gasteiger partial charge < -0.3 is 11.1 Å². The van der Waals surface area contributed by atoms with Crippen LogP contribution in [0.25, 0.3) is 22.1 Å². The van der Waals surface area contributed by atoms with Gasteiger partial charge >= 0.3 is 0 Å². The third-order valence-electron chi connectivity index (χ3n) is 6.58. The number of nitrogens with zero attached hydrogens (tertiary/aromatic N) is 6. The molecule has 0 spiro atoms. The Labute approximate surface area is 234 Å². The second-order valence-corrected chi connectivity index (χ2v) is 9.32. The van der Waals surface area contributed by atoms with Crippen molar-refractivity contribution in [1.82, 2.24) is 34.3 Å². The van der Waals surface area contributed by atoms with Gasteiger partial charge in [0.2, 0.25) is 0 Å². The molecule has 4 heterocycles. The van der Waals surface area contributed by atoms with Crippen molar-refractivity contribution in [2.45, 2.75) is 13.0 Å². The summed E-state index contributed by atoms with van der Waals surface area (Å²) in [5, 5.41) is 11.6. The first-order valence-electron chi connectivity index (χ1n) is 13.1. The van der Waals surface area contributed by atoms with Crippen LogP contribution >= 0.6 is 0 Å². The van der Waals surface area contributed by atoms with E-state index in [-0.39, 0.29) is 28.5 Å². The van der Waals surface area contributed by atoms with Crippen LogP contribution in [0.2, 0.25) is 0 Å². The molecule has 6 rings (SSSR count). The molecule has 0 bridgehead atoms. The number of aryl methyl sites for hydroxylation is 1. The Balaban J connectivity index is 1.51. The summed E-state index contributed by atoms with van der Waals surface area (Å²) in [7, 11) is 1.60. The fourth-order valence-electron chi connectivity index (χ4n) is 4.71. The highest BCUT2D eigenvalue weighted by Gasteiger charge is 2.24. The molecule has 0 unspecified atom stereocenters. The molecular formula is C30H23FN8O2. The maximum Gasteiger partial charge on any atom is 0.264 e. The van der Waals surface area contributed by atoms with Crippen LogP contribution in [0, 0.1) is 17.7 Å². The zero-order chi connectivity index (χ0) is 29.5. The van der Waals surface area contributed by atoms with Gasteiger partial charge in [-0.05, 0) is 42.6 Å². The van der Waals surface area contributed by atoms with Crippen LogP contribution in [0.4, 0.5) is 10.2 Å². The molecule has 0 fully saturated rings. The molecule has 0 saturated carbocycles.